The zero-order valence-corrected chi connectivity index (χ0v) is 19.8. The Bertz CT molecular complexity index is 1230. The molecule has 1 N–H and O–H groups in total. The topological polar surface area (TPSA) is 57.6 Å². The summed E-state index contributed by atoms with van der Waals surface area (Å²) < 4.78 is 92.3. The van der Waals surface area contributed by atoms with Gasteiger partial charge in [-0.3, -0.25) is 4.90 Å². The number of hydrogen-bond donors (Lipinski definition) is 1. The molecule has 4 nitrogen and oxygen atoms in total. The fourth-order valence-electron chi connectivity index (χ4n) is 4.79. The van der Waals surface area contributed by atoms with Gasteiger partial charge in [-0.2, -0.15) is 22.0 Å². The van der Waals surface area contributed by atoms with Crippen molar-refractivity contribution in [3.05, 3.63) is 58.1 Å². The Morgan fingerprint density at radius 3 is 2.21 bits per heavy atom. The molecule has 10 heteroatoms. The Hall–Kier alpha value is -2.04. The van der Waals surface area contributed by atoms with E-state index in [1.807, 2.05) is 30.9 Å². The maximum absolute atomic E-state index is 14.5. The summed E-state index contributed by atoms with van der Waals surface area (Å²) in [7, 11) is -3.00. The van der Waals surface area contributed by atoms with E-state index in [4.69, 9.17) is 0 Å². The third-order valence-corrected chi connectivity index (χ3v) is 8.44. The number of aryl methyl sites for hydroxylation is 1. The van der Waals surface area contributed by atoms with Gasteiger partial charge < -0.3 is 5.11 Å². The molecular weight excluding hydrogens is 477 g/mol. The first-order valence-electron chi connectivity index (χ1n) is 11.0. The van der Waals surface area contributed by atoms with Crippen molar-refractivity contribution >= 4 is 9.84 Å². The predicted octanol–water partition coefficient (Wildman–Crippen LogP) is 4.87. The fourth-order valence-corrected chi connectivity index (χ4v) is 6.07. The summed E-state index contributed by atoms with van der Waals surface area (Å²) in [6.45, 7) is 6.81. The number of sulfone groups is 1. The van der Waals surface area contributed by atoms with Crippen molar-refractivity contribution in [3.63, 3.8) is 0 Å². The van der Waals surface area contributed by atoms with E-state index in [9.17, 15) is 35.5 Å². The first-order valence-corrected chi connectivity index (χ1v) is 12.8. The maximum atomic E-state index is 14.5. The van der Waals surface area contributed by atoms with Crippen LogP contribution in [0.3, 0.4) is 0 Å². The van der Waals surface area contributed by atoms with Gasteiger partial charge in [-0.15, -0.1) is 0 Å². The lowest BCUT2D eigenvalue weighted by atomic mass is 9.67. The van der Waals surface area contributed by atoms with Crippen LogP contribution in [-0.2, 0) is 27.9 Å². The highest BCUT2D eigenvalue weighted by Gasteiger charge is 2.78. The minimum atomic E-state index is -5.50. The quantitative estimate of drug-likeness (QED) is 0.605. The van der Waals surface area contributed by atoms with Crippen LogP contribution in [0.1, 0.15) is 47.6 Å². The zero-order chi connectivity index (χ0) is 25.3. The summed E-state index contributed by atoms with van der Waals surface area (Å²) in [4.78, 5) is 2.04. The van der Waals surface area contributed by atoms with Crippen molar-refractivity contribution in [1.82, 2.24) is 4.90 Å². The Morgan fingerprint density at radius 2 is 1.65 bits per heavy atom. The number of halogens is 5. The molecule has 1 saturated heterocycles. The number of benzene rings is 2. The third kappa shape index (κ3) is 3.83. The number of aliphatic hydroxyl groups is 1. The van der Waals surface area contributed by atoms with Gasteiger partial charge in [-0.05, 0) is 46.7 Å². The zero-order valence-electron chi connectivity index (χ0n) is 19.0. The Morgan fingerprint density at radius 1 is 1.03 bits per heavy atom. The van der Waals surface area contributed by atoms with E-state index in [1.165, 1.54) is 6.92 Å². The first kappa shape index (κ1) is 25.1. The smallest absolute Gasteiger partial charge is 0.371 e. The molecule has 1 heterocycles. The number of fused-ring (bicyclic) bond motifs is 1. The van der Waals surface area contributed by atoms with Gasteiger partial charge in [-0.1, -0.05) is 38.1 Å². The van der Waals surface area contributed by atoms with E-state index in [0.717, 1.165) is 23.3 Å². The molecule has 0 amide bonds. The lowest BCUT2D eigenvalue weighted by Gasteiger charge is -2.47. The molecule has 1 fully saturated rings. The Balaban J connectivity index is 1.71. The molecule has 1 unspecified atom stereocenters. The summed E-state index contributed by atoms with van der Waals surface area (Å²) in [5.74, 6) is -4.24. The highest BCUT2D eigenvalue weighted by Crippen LogP contribution is 2.64. The second-order valence-corrected chi connectivity index (χ2v) is 11.8. The molecule has 1 aliphatic heterocycles. The molecule has 0 bridgehead atoms. The molecule has 1 atom stereocenters. The van der Waals surface area contributed by atoms with Crippen LogP contribution in [-0.4, -0.2) is 49.2 Å². The standard InChI is InChI=1S/C24H26F5NO3S/c1-14(2)18-11-16(13-30-6-8-34(32,33)9-7-30)4-5-17(18)19-12-21-20(10-15(19)3)22(31,23(21,25)26)24(27,28)29/h4-5,10-12,14,31H,6-9,13H2,1-3H3. The Labute approximate surface area is 195 Å². The van der Waals surface area contributed by atoms with Gasteiger partial charge in [0.15, 0.2) is 9.84 Å². The lowest BCUT2D eigenvalue weighted by molar-refractivity contribution is -0.364. The third-order valence-electron chi connectivity index (χ3n) is 6.83. The van der Waals surface area contributed by atoms with Crippen molar-refractivity contribution in [2.24, 2.45) is 0 Å². The van der Waals surface area contributed by atoms with Crippen molar-refractivity contribution < 1.29 is 35.5 Å². The Kier molecular flexibility index (Phi) is 5.89. The molecule has 0 aromatic heterocycles. The van der Waals surface area contributed by atoms with Crippen molar-refractivity contribution in [2.75, 3.05) is 24.6 Å². The van der Waals surface area contributed by atoms with Gasteiger partial charge in [0.25, 0.3) is 5.60 Å². The van der Waals surface area contributed by atoms with Crippen LogP contribution < -0.4 is 0 Å². The molecule has 186 valence electrons. The van der Waals surface area contributed by atoms with Gasteiger partial charge in [0.1, 0.15) is 0 Å². The first-order chi connectivity index (χ1) is 15.6. The van der Waals surface area contributed by atoms with Gasteiger partial charge in [0.05, 0.1) is 11.5 Å². The van der Waals surface area contributed by atoms with E-state index in [0.29, 0.717) is 36.3 Å². The monoisotopic (exact) mass is 503 g/mol. The summed E-state index contributed by atoms with van der Waals surface area (Å²) >= 11 is 0. The van der Waals surface area contributed by atoms with E-state index in [2.05, 4.69) is 0 Å². The summed E-state index contributed by atoms with van der Waals surface area (Å²) in [5, 5.41) is 9.86. The molecule has 2 aliphatic rings. The summed E-state index contributed by atoms with van der Waals surface area (Å²) in [6, 6.07) is 7.59. The van der Waals surface area contributed by atoms with Crippen LogP contribution in [0.4, 0.5) is 22.0 Å². The minimum Gasteiger partial charge on any atom is -0.371 e. The van der Waals surface area contributed by atoms with Crippen LogP contribution in [0.25, 0.3) is 11.1 Å². The normalized spacial score (nSPS) is 24.1. The van der Waals surface area contributed by atoms with Crippen molar-refractivity contribution in [1.29, 1.82) is 0 Å². The van der Waals surface area contributed by atoms with Crippen molar-refractivity contribution in [2.45, 2.75) is 50.9 Å². The molecule has 1 aliphatic carbocycles. The van der Waals surface area contributed by atoms with Crippen LogP contribution in [0.2, 0.25) is 0 Å². The number of nitrogens with zero attached hydrogens (tertiary/aromatic N) is 1. The maximum Gasteiger partial charge on any atom is 0.427 e. The molecule has 2 aromatic carbocycles. The van der Waals surface area contributed by atoms with E-state index in [1.54, 1.807) is 6.07 Å². The molecule has 0 radical (unpaired) electrons. The van der Waals surface area contributed by atoms with Crippen LogP contribution in [0.15, 0.2) is 30.3 Å². The summed E-state index contributed by atoms with van der Waals surface area (Å²) in [5.41, 5.74) is -2.65. The minimum absolute atomic E-state index is 0.00484. The van der Waals surface area contributed by atoms with Crippen molar-refractivity contribution in [3.8, 4) is 11.1 Å². The van der Waals surface area contributed by atoms with Crippen LogP contribution >= 0.6 is 0 Å². The predicted molar refractivity (Wildman–Crippen MR) is 118 cm³/mol. The van der Waals surface area contributed by atoms with Crippen LogP contribution in [0.5, 0.6) is 0 Å². The van der Waals surface area contributed by atoms with E-state index in [-0.39, 0.29) is 17.4 Å². The SMILES string of the molecule is Cc1cc2c(cc1-c1ccc(CN3CCS(=O)(=O)CC3)cc1C(C)C)C(F)(F)C2(O)C(F)(F)F. The average molecular weight is 504 g/mol. The van der Waals surface area contributed by atoms with Gasteiger partial charge >= 0.3 is 12.1 Å². The molecule has 0 spiro atoms. The highest BCUT2D eigenvalue weighted by molar-refractivity contribution is 7.91. The molecular formula is C24H26F5NO3S. The van der Waals surface area contributed by atoms with Gasteiger partial charge in [-0.25, -0.2) is 8.42 Å². The molecule has 2 aromatic rings. The second kappa shape index (κ2) is 7.99. The number of alkyl halides is 5. The largest absolute Gasteiger partial charge is 0.427 e. The second-order valence-electron chi connectivity index (χ2n) is 9.50. The molecule has 4 rings (SSSR count). The molecule has 34 heavy (non-hydrogen) atoms. The molecule has 0 saturated carbocycles. The highest BCUT2D eigenvalue weighted by atomic mass is 32.2. The lowest BCUT2D eigenvalue weighted by Crippen LogP contribution is -2.62. The fraction of sp³-hybridized carbons (Fsp3) is 0.500. The van der Waals surface area contributed by atoms with E-state index < -0.39 is 38.7 Å². The van der Waals surface area contributed by atoms with Gasteiger partial charge in [0, 0.05) is 30.8 Å². The van der Waals surface area contributed by atoms with Crippen LogP contribution in [0, 0.1) is 6.92 Å². The number of rotatable bonds is 4. The summed E-state index contributed by atoms with van der Waals surface area (Å²) in [6.07, 6.45) is -5.50. The number of hydrogen-bond acceptors (Lipinski definition) is 4. The average Bonchev–Trinajstić information content (AvgIpc) is 2.73. The van der Waals surface area contributed by atoms with Gasteiger partial charge in [0.2, 0.25) is 0 Å². The van der Waals surface area contributed by atoms with E-state index >= 15 is 0 Å².